The molecule has 1 aromatic heterocycles. The number of rotatable bonds is 9. The van der Waals surface area contributed by atoms with Crippen LogP contribution in [-0.4, -0.2) is 28.1 Å². The normalized spacial score (nSPS) is 12.6. The van der Waals surface area contributed by atoms with E-state index in [2.05, 4.69) is 19.2 Å². The number of aromatic nitrogens is 1. The number of benzene rings is 3. The van der Waals surface area contributed by atoms with Gasteiger partial charge in [-0.2, -0.15) is 13.2 Å². The number of carboxylic acid groups (broad SMARTS) is 1. The number of hydrogen-bond acceptors (Lipinski definition) is 2. The molecule has 2 N–H and O–H groups in total. The Morgan fingerprint density at radius 3 is 2.23 bits per heavy atom. The molecule has 40 heavy (non-hydrogen) atoms. The molecule has 0 fully saturated rings. The predicted octanol–water partition coefficient (Wildman–Crippen LogP) is 7.61. The Morgan fingerprint density at radius 2 is 1.65 bits per heavy atom. The molecule has 0 spiro atoms. The number of carbonyl (C=O) groups is 2. The number of aryl methyl sites for hydroxylation is 1. The van der Waals surface area contributed by atoms with Crippen molar-refractivity contribution >= 4 is 22.8 Å². The van der Waals surface area contributed by atoms with Crippen LogP contribution in [0.2, 0.25) is 0 Å². The van der Waals surface area contributed by atoms with Gasteiger partial charge in [0.2, 0.25) is 0 Å². The summed E-state index contributed by atoms with van der Waals surface area (Å²) < 4.78 is 56.7. The van der Waals surface area contributed by atoms with Crippen LogP contribution in [0.4, 0.5) is 17.6 Å². The van der Waals surface area contributed by atoms with E-state index >= 15 is 4.39 Å². The van der Waals surface area contributed by atoms with E-state index in [1.807, 2.05) is 35.9 Å². The molecule has 9 heteroatoms. The lowest BCUT2D eigenvalue weighted by Crippen LogP contribution is -2.26. The Morgan fingerprint density at radius 1 is 1.00 bits per heavy atom. The van der Waals surface area contributed by atoms with Crippen molar-refractivity contribution in [3.8, 4) is 11.1 Å². The van der Waals surface area contributed by atoms with Gasteiger partial charge in [-0.1, -0.05) is 38.1 Å². The second-order valence-electron chi connectivity index (χ2n) is 10.3. The molecule has 1 heterocycles. The molecule has 3 aromatic carbocycles. The van der Waals surface area contributed by atoms with E-state index < -0.39 is 23.5 Å². The van der Waals surface area contributed by atoms with Crippen LogP contribution in [0.1, 0.15) is 59.8 Å². The van der Waals surface area contributed by atoms with Gasteiger partial charge in [-0.25, -0.2) is 4.39 Å². The summed E-state index contributed by atoms with van der Waals surface area (Å²) in [5.74, 6) is -1.60. The Hall–Kier alpha value is -4.14. The summed E-state index contributed by atoms with van der Waals surface area (Å²) >= 11 is 0. The summed E-state index contributed by atoms with van der Waals surface area (Å²) in [6, 6.07) is 14.6. The summed E-state index contributed by atoms with van der Waals surface area (Å²) in [6.07, 6.45) is -2.12. The van der Waals surface area contributed by atoms with Gasteiger partial charge in [-0.05, 0) is 77.9 Å². The van der Waals surface area contributed by atoms with Crippen molar-refractivity contribution in [2.24, 2.45) is 5.92 Å². The predicted molar refractivity (Wildman–Crippen MR) is 146 cm³/mol. The van der Waals surface area contributed by atoms with Crippen molar-refractivity contribution in [3.63, 3.8) is 0 Å². The van der Waals surface area contributed by atoms with Crippen LogP contribution in [0.15, 0.2) is 66.9 Å². The van der Waals surface area contributed by atoms with E-state index in [-0.39, 0.29) is 30.8 Å². The van der Waals surface area contributed by atoms with Gasteiger partial charge in [-0.15, -0.1) is 0 Å². The zero-order valence-electron chi connectivity index (χ0n) is 22.3. The fourth-order valence-electron chi connectivity index (χ4n) is 4.95. The van der Waals surface area contributed by atoms with Crippen molar-refractivity contribution in [1.82, 2.24) is 9.88 Å². The topological polar surface area (TPSA) is 71.3 Å². The lowest BCUT2D eigenvalue weighted by atomic mass is 9.94. The summed E-state index contributed by atoms with van der Waals surface area (Å²) in [4.78, 5) is 23.1. The third-order valence-corrected chi connectivity index (χ3v) is 6.96. The van der Waals surface area contributed by atoms with Crippen LogP contribution in [0, 0.1) is 18.7 Å². The number of nitrogens with zero attached hydrogens (tertiary/aromatic N) is 1. The number of fused-ring (bicyclic) bond motifs is 1. The minimum absolute atomic E-state index is 0.0222. The Balaban J connectivity index is 1.69. The van der Waals surface area contributed by atoms with Crippen molar-refractivity contribution < 1.29 is 32.3 Å². The van der Waals surface area contributed by atoms with Gasteiger partial charge in [-0.3, -0.25) is 9.59 Å². The first-order chi connectivity index (χ1) is 18.9. The van der Waals surface area contributed by atoms with Gasteiger partial charge in [0.05, 0.1) is 23.5 Å². The summed E-state index contributed by atoms with van der Waals surface area (Å²) in [5, 5.41) is 12.0. The quantitative estimate of drug-likeness (QED) is 0.209. The van der Waals surface area contributed by atoms with Crippen LogP contribution in [-0.2, 0) is 11.0 Å². The molecule has 4 aromatic rings. The Bertz CT molecular complexity index is 1520. The number of carbonyl (C=O) groups excluding carboxylic acids is 1. The summed E-state index contributed by atoms with van der Waals surface area (Å²) in [7, 11) is 0. The fraction of sp³-hybridized carbons (Fsp3) is 0.290. The number of halogens is 4. The lowest BCUT2D eigenvalue weighted by molar-refractivity contribution is -0.138. The van der Waals surface area contributed by atoms with E-state index in [1.165, 1.54) is 18.2 Å². The van der Waals surface area contributed by atoms with Crippen LogP contribution in [0.3, 0.4) is 0 Å². The SMILES string of the molecule is Cc1c(-c2ccc(C(F)(F)F)cc2)cc(F)c2c1ccn2C(CC(C)C)c1ccc(C(=O)NCCC(=O)O)cc1. The van der Waals surface area contributed by atoms with Crippen molar-refractivity contribution in [2.45, 2.75) is 45.8 Å². The highest BCUT2D eigenvalue weighted by Gasteiger charge is 2.30. The fourth-order valence-corrected chi connectivity index (χ4v) is 4.95. The van der Waals surface area contributed by atoms with E-state index in [0.717, 1.165) is 23.3 Å². The summed E-state index contributed by atoms with van der Waals surface area (Å²) in [6.45, 7) is 5.98. The largest absolute Gasteiger partial charge is 0.481 e. The molecule has 5 nitrogen and oxygen atoms in total. The first-order valence-electron chi connectivity index (χ1n) is 12.9. The van der Waals surface area contributed by atoms with Crippen molar-refractivity contribution in [3.05, 3.63) is 94.9 Å². The Kier molecular flexibility index (Phi) is 8.32. The van der Waals surface area contributed by atoms with E-state index in [4.69, 9.17) is 5.11 Å². The van der Waals surface area contributed by atoms with Gasteiger partial charge in [0.25, 0.3) is 5.91 Å². The average molecular weight is 555 g/mol. The molecule has 0 bridgehead atoms. The zero-order chi connectivity index (χ0) is 29.2. The monoisotopic (exact) mass is 554 g/mol. The third kappa shape index (κ3) is 6.19. The highest BCUT2D eigenvalue weighted by molar-refractivity contribution is 5.94. The van der Waals surface area contributed by atoms with Crippen LogP contribution in [0.25, 0.3) is 22.0 Å². The van der Waals surface area contributed by atoms with Crippen molar-refractivity contribution in [2.75, 3.05) is 6.54 Å². The molecule has 0 radical (unpaired) electrons. The van der Waals surface area contributed by atoms with E-state index in [1.54, 1.807) is 12.1 Å². The number of hydrogen-bond donors (Lipinski definition) is 2. The molecule has 4 rings (SSSR count). The van der Waals surface area contributed by atoms with Crippen LogP contribution < -0.4 is 5.32 Å². The van der Waals surface area contributed by atoms with E-state index in [0.29, 0.717) is 34.0 Å². The number of carboxylic acids is 1. The number of aliphatic carboxylic acids is 1. The molecule has 0 aliphatic carbocycles. The smallest absolute Gasteiger partial charge is 0.416 e. The minimum atomic E-state index is -4.45. The van der Waals surface area contributed by atoms with Gasteiger partial charge in [0.15, 0.2) is 0 Å². The number of amides is 1. The highest BCUT2D eigenvalue weighted by atomic mass is 19.4. The molecule has 0 aliphatic heterocycles. The molecular formula is C31H30F4N2O3. The molecule has 0 saturated carbocycles. The molecule has 210 valence electrons. The average Bonchev–Trinajstić information content (AvgIpc) is 3.35. The first kappa shape index (κ1) is 28.9. The maximum Gasteiger partial charge on any atom is 0.416 e. The second-order valence-corrected chi connectivity index (χ2v) is 10.3. The Labute approximate surface area is 229 Å². The molecule has 1 unspecified atom stereocenters. The zero-order valence-corrected chi connectivity index (χ0v) is 22.3. The van der Waals surface area contributed by atoms with Crippen LogP contribution in [0.5, 0.6) is 0 Å². The standard InChI is InChI=1S/C31H30F4N2O3/c1-18(2)16-27(21-4-6-22(7-5-21)30(40)36-14-12-28(38)39)37-15-13-24-19(3)25(17-26(32)29(24)37)20-8-10-23(11-9-20)31(33,34)35/h4-11,13,15,17-18,27H,12,14,16H2,1-3H3,(H,36,40)(H,38,39). The highest BCUT2D eigenvalue weighted by Crippen LogP contribution is 2.38. The third-order valence-electron chi connectivity index (χ3n) is 6.96. The first-order valence-corrected chi connectivity index (χ1v) is 12.9. The molecule has 1 amide bonds. The maximum absolute atomic E-state index is 15.7. The minimum Gasteiger partial charge on any atom is -0.481 e. The maximum atomic E-state index is 15.7. The van der Waals surface area contributed by atoms with E-state index in [9.17, 15) is 22.8 Å². The second kappa shape index (κ2) is 11.5. The summed E-state index contributed by atoms with van der Waals surface area (Å²) in [5.41, 5.74) is 2.67. The van der Waals surface area contributed by atoms with Crippen LogP contribution >= 0.6 is 0 Å². The molecule has 0 saturated heterocycles. The molecule has 0 aliphatic rings. The molecular weight excluding hydrogens is 524 g/mol. The van der Waals surface area contributed by atoms with Crippen molar-refractivity contribution in [1.29, 1.82) is 0 Å². The molecule has 1 atom stereocenters. The van der Waals surface area contributed by atoms with Gasteiger partial charge >= 0.3 is 12.1 Å². The number of nitrogens with one attached hydrogen (secondary N) is 1. The number of alkyl halides is 3. The van der Waals surface area contributed by atoms with Gasteiger partial charge < -0.3 is 15.0 Å². The van der Waals surface area contributed by atoms with Gasteiger partial charge in [0.1, 0.15) is 5.82 Å². The van der Waals surface area contributed by atoms with Gasteiger partial charge in [0, 0.05) is 23.7 Å². The lowest BCUT2D eigenvalue weighted by Gasteiger charge is -2.24.